The molecule has 2 rings (SSSR count). The number of nitrogens with two attached hydrogens (primary N) is 1. The molecular weight excluding hydrogens is 262 g/mol. The molecule has 72 valence electrons. The Morgan fingerprint density at radius 2 is 2.00 bits per heavy atom. The monoisotopic (exact) mass is 269 g/mol. The molecule has 0 atom stereocenters. The Labute approximate surface area is 94.2 Å². The molecule has 1 aromatic carbocycles. The fraction of sp³-hybridized carbons (Fsp3) is 0. The van der Waals surface area contributed by atoms with Crippen molar-refractivity contribution in [3.63, 3.8) is 0 Å². The summed E-state index contributed by atoms with van der Waals surface area (Å²) in [7, 11) is 0. The molecule has 0 spiro atoms. The van der Waals surface area contributed by atoms with Crippen LogP contribution in [-0.4, -0.2) is 4.37 Å². The van der Waals surface area contributed by atoms with E-state index in [9.17, 15) is 0 Å². The lowest BCUT2D eigenvalue weighted by molar-refractivity contribution is 1.30. The van der Waals surface area contributed by atoms with Crippen molar-refractivity contribution in [2.45, 2.75) is 0 Å². The molecule has 0 aliphatic carbocycles. The van der Waals surface area contributed by atoms with Crippen LogP contribution in [0.4, 0.5) is 5.82 Å². The maximum atomic E-state index is 5.31. The Bertz CT molecular complexity index is 427. The number of benzene rings is 1. The molecule has 0 fully saturated rings. The summed E-state index contributed by atoms with van der Waals surface area (Å²) in [5.74, 6) is 5.98. The normalized spacial score (nSPS) is 10.1. The highest BCUT2D eigenvalue weighted by atomic mass is 79.9. The van der Waals surface area contributed by atoms with Crippen LogP contribution >= 0.6 is 27.5 Å². The lowest BCUT2D eigenvalue weighted by atomic mass is 10.2. The molecule has 2 aromatic rings. The first-order chi connectivity index (χ1) is 6.83. The second-order valence-electron chi connectivity index (χ2n) is 2.68. The van der Waals surface area contributed by atoms with E-state index < -0.39 is 0 Å². The van der Waals surface area contributed by atoms with Gasteiger partial charge in [0.2, 0.25) is 0 Å². The number of rotatable bonds is 2. The first-order valence-electron chi connectivity index (χ1n) is 4.00. The van der Waals surface area contributed by atoms with Crippen molar-refractivity contribution in [2.24, 2.45) is 5.84 Å². The predicted molar refractivity (Wildman–Crippen MR) is 63.1 cm³/mol. The van der Waals surface area contributed by atoms with Crippen LogP contribution in [0.25, 0.3) is 10.4 Å². The lowest BCUT2D eigenvalue weighted by Crippen LogP contribution is -2.06. The molecule has 0 amide bonds. The number of nitrogen functional groups attached to an aromatic ring is 1. The minimum Gasteiger partial charge on any atom is -0.307 e. The van der Waals surface area contributed by atoms with Gasteiger partial charge in [-0.25, -0.2) is 5.84 Å². The number of halogens is 1. The van der Waals surface area contributed by atoms with Crippen molar-refractivity contribution in [2.75, 3.05) is 5.43 Å². The molecule has 1 aromatic heterocycles. The second-order valence-corrected chi connectivity index (χ2v) is 4.25. The number of nitrogens with zero attached hydrogens (tertiary/aromatic N) is 1. The largest absolute Gasteiger partial charge is 0.307 e. The van der Waals surface area contributed by atoms with E-state index in [0.29, 0.717) is 5.82 Å². The Hall–Kier alpha value is -0.910. The molecule has 0 radical (unpaired) electrons. The van der Waals surface area contributed by atoms with Crippen molar-refractivity contribution in [1.29, 1.82) is 0 Å². The highest BCUT2D eigenvalue weighted by Gasteiger charge is 2.11. The van der Waals surface area contributed by atoms with Gasteiger partial charge in [0, 0.05) is 0 Å². The number of hydrogen-bond donors (Lipinski definition) is 2. The third kappa shape index (κ3) is 1.66. The quantitative estimate of drug-likeness (QED) is 0.651. The van der Waals surface area contributed by atoms with E-state index in [0.717, 1.165) is 14.9 Å². The van der Waals surface area contributed by atoms with Gasteiger partial charge in [0.1, 0.15) is 0 Å². The molecular formula is C9H8BrN3S. The molecule has 3 N–H and O–H groups in total. The van der Waals surface area contributed by atoms with E-state index in [1.165, 1.54) is 11.5 Å². The summed E-state index contributed by atoms with van der Waals surface area (Å²) in [6, 6.07) is 10.1. The van der Waals surface area contributed by atoms with Gasteiger partial charge in [-0.2, -0.15) is 4.37 Å². The first kappa shape index (κ1) is 9.64. The Morgan fingerprint density at radius 3 is 2.57 bits per heavy atom. The van der Waals surface area contributed by atoms with Crippen LogP contribution in [0, 0.1) is 0 Å². The molecule has 14 heavy (non-hydrogen) atoms. The summed E-state index contributed by atoms with van der Waals surface area (Å²) in [4.78, 5) is 1.08. The van der Waals surface area contributed by atoms with Crippen LogP contribution < -0.4 is 11.3 Å². The molecule has 5 heteroatoms. The molecule has 0 bridgehead atoms. The first-order valence-corrected chi connectivity index (χ1v) is 5.57. The van der Waals surface area contributed by atoms with Gasteiger partial charge in [-0.3, -0.25) is 0 Å². The summed E-state index contributed by atoms with van der Waals surface area (Å²) < 4.78 is 5.08. The molecule has 0 aliphatic rings. The molecule has 0 unspecified atom stereocenters. The average Bonchev–Trinajstić information content (AvgIpc) is 2.61. The van der Waals surface area contributed by atoms with Crippen LogP contribution in [0.2, 0.25) is 0 Å². The van der Waals surface area contributed by atoms with Crippen LogP contribution in [0.15, 0.2) is 34.8 Å². The zero-order chi connectivity index (χ0) is 9.97. The van der Waals surface area contributed by atoms with E-state index in [4.69, 9.17) is 5.84 Å². The SMILES string of the molecule is NNc1nsc(-c2ccccc2)c1Br. The third-order valence-electron chi connectivity index (χ3n) is 1.81. The summed E-state index contributed by atoms with van der Waals surface area (Å²) in [5.41, 5.74) is 3.68. The van der Waals surface area contributed by atoms with Crippen molar-refractivity contribution >= 4 is 33.3 Å². The Kier molecular flexibility index (Phi) is 2.81. The number of hydrazine groups is 1. The number of hydrogen-bond acceptors (Lipinski definition) is 4. The van der Waals surface area contributed by atoms with E-state index in [1.807, 2.05) is 30.3 Å². The summed E-state index contributed by atoms with van der Waals surface area (Å²) >= 11 is 4.87. The van der Waals surface area contributed by atoms with Crippen LogP contribution in [0.1, 0.15) is 0 Å². The van der Waals surface area contributed by atoms with Crippen molar-refractivity contribution in [3.05, 3.63) is 34.8 Å². The molecule has 1 heterocycles. The minimum atomic E-state index is 0.675. The van der Waals surface area contributed by atoms with Crippen molar-refractivity contribution in [1.82, 2.24) is 4.37 Å². The van der Waals surface area contributed by atoms with Gasteiger partial charge < -0.3 is 5.43 Å². The highest BCUT2D eigenvalue weighted by molar-refractivity contribution is 9.10. The van der Waals surface area contributed by atoms with E-state index in [1.54, 1.807) is 0 Å². The molecule has 3 nitrogen and oxygen atoms in total. The van der Waals surface area contributed by atoms with Gasteiger partial charge in [-0.15, -0.1) is 0 Å². The molecule has 0 saturated heterocycles. The second kappa shape index (κ2) is 4.08. The summed E-state index contributed by atoms with van der Waals surface area (Å²) in [6.45, 7) is 0. The average molecular weight is 270 g/mol. The fourth-order valence-corrected chi connectivity index (χ4v) is 2.65. The molecule has 0 saturated carbocycles. The van der Waals surface area contributed by atoms with Gasteiger partial charge in [-0.1, -0.05) is 30.3 Å². The summed E-state index contributed by atoms with van der Waals surface area (Å²) in [5, 5.41) is 0. The zero-order valence-corrected chi connectivity index (χ0v) is 9.60. The van der Waals surface area contributed by atoms with Crippen LogP contribution in [-0.2, 0) is 0 Å². The van der Waals surface area contributed by atoms with Crippen molar-refractivity contribution in [3.8, 4) is 10.4 Å². The zero-order valence-electron chi connectivity index (χ0n) is 7.20. The third-order valence-corrected chi connectivity index (χ3v) is 3.74. The number of aromatic nitrogens is 1. The van der Waals surface area contributed by atoms with E-state index >= 15 is 0 Å². The summed E-state index contributed by atoms with van der Waals surface area (Å²) in [6.07, 6.45) is 0. The van der Waals surface area contributed by atoms with Gasteiger partial charge in [-0.05, 0) is 33.0 Å². The van der Waals surface area contributed by atoms with Crippen molar-refractivity contribution < 1.29 is 0 Å². The van der Waals surface area contributed by atoms with Gasteiger partial charge in [0.25, 0.3) is 0 Å². The highest BCUT2D eigenvalue weighted by Crippen LogP contribution is 2.36. The predicted octanol–water partition coefficient (Wildman–Crippen LogP) is 2.86. The van der Waals surface area contributed by atoms with Crippen LogP contribution in [0.3, 0.4) is 0 Å². The topological polar surface area (TPSA) is 50.9 Å². The fourth-order valence-electron chi connectivity index (χ4n) is 1.14. The lowest BCUT2D eigenvalue weighted by Gasteiger charge is -1.97. The maximum absolute atomic E-state index is 5.31. The maximum Gasteiger partial charge on any atom is 0.168 e. The minimum absolute atomic E-state index is 0.675. The van der Waals surface area contributed by atoms with Gasteiger partial charge in [0.15, 0.2) is 5.82 Å². The Morgan fingerprint density at radius 1 is 1.29 bits per heavy atom. The number of anilines is 1. The Balaban J connectivity index is 2.48. The number of nitrogens with one attached hydrogen (secondary N) is 1. The van der Waals surface area contributed by atoms with E-state index in [-0.39, 0.29) is 0 Å². The van der Waals surface area contributed by atoms with Crippen LogP contribution in [0.5, 0.6) is 0 Å². The van der Waals surface area contributed by atoms with Gasteiger partial charge in [0.05, 0.1) is 9.35 Å². The smallest absolute Gasteiger partial charge is 0.168 e. The molecule has 0 aliphatic heterocycles. The van der Waals surface area contributed by atoms with Gasteiger partial charge >= 0.3 is 0 Å². The standard InChI is InChI=1S/C9H8BrN3S/c10-7-8(14-13-9(7)12-11)6-4-2-1-3-5-6/h1-5H,11H2,(H,12,13). The van der Waals surface area contributed by atoms with E-state index in [2.05, 4.69) is 25.7 Å².